The molecule has 2 aliphatic heterocycles. The van der Waals surface area contributed by atoms with E-state index in [-0.39, 0.29) is 24.4 Å². The van der Waals surface area contributed by atoms with Crippen LogP contribution >= 0.6 is 0 Å². The van der Waals surface area contributed by atoms with Gasteiger partial charge in [-0.15, -0.1) is 0 Å². The Bertz CT molecular complexity index is 599. The predicted molar refractivity (Wildman–Crippen MR) is 96.7 cm³/mol. The van der Waals surface area contributed by atoms with Crippen LogP contribution in [0.2, 0.25) is 0 Å². The van der Waals surface area contributed by atoms with E-state index in [4.69, 9.17) is 14.0 Å². The summed E-state index contributed by atoms with van der Waals surface area (Å²) >= 11 is 0. The van der Waals surface area contributed by atoms with E-state index in [9.17, 15) is 0 Å². The number of hydrogen-bond acceptors (Lipinski definition) is 3. The van der Waals surface area contributed by atoms with E-state index in [0.717, 1.165) is 24.4 Å². The molecule has 3 fully saturated rings. The van der Waals surface area contributed by atoms with Crippen LogP contribution in [0.5, 0.6) is 0 Å². The maximum atomic E-state index is 6.28. The van der Waals surface area contributed by atoms with E-state index < -0.39 is 0 Å². The highest BCUT2D eigenvalue weighted by Crippen LogP contribution is 2.42. The van der Waals surface area contributed by atoms with Crippen molar-refractivity contribution in [3.63, 3.8) is 0 Å². The lowest BCUT2D eigenvalue weighted by atomic mass is 9.76. The molecule has 0 amide bonds. The van der Waals surface area contributed by atoms with Gasteiger partial charge in [0.1, 0.15) is 0 Å². The van der Waals surface area contributed by atoms with Crippen molar-refractivity contribution in [2.24, 2.45) is 0 Å². The molecular formula is C20H29BO3. The number of rotatable bonds is 3. The van der Waals surface area contributed by atoms with Gasteiger partial charge in [-0.3, -0.25) is 0 Å². The van der Waals surface area contributed by atoms with Crippen LogP contribution in [0.4, 0.5) is 0 Å². The van der Waals surface area contributed by atoms with Crippen molar-refractivity contribution < 1.29 is 14.0 Å². The van der Waals surface area contributed by atoms with E-state index in [2.05, 4.69) is 45.9 Å². The predicted octanol–water partition coefficient (Wildman–Crippen LogP) is 4.10. The second-order valence-electron chi connectivity index (χ2n) is 8.65. The Morgan fingerprint density at radius 2 is 1.54 bits per heavy atom. The Morgan fingerprint density at radius 1 is 0.875 bits per heavy atom. The molecule has 3 aliphatic rings. The van der Waals surface area contributed by atoms with Gasteiger partial charge in [0.05, 0.1) is 17.3 Å². The summed E-state index contributed by atoms with van der Waals surface area (Å²) in [5.41, 5.74) is 3.31. The molecule has 0 aromatic heterocycles. The molecule has 1 aliphatic carbocycles. The van der Waals surface area contributed by atoms with Gasteiger partial charge in [0.15, 0.2) is 0 Å². The fourth-order valence-electron chi connectivity index (χ4n) is 3.66. The standard InChI is InChI=1S/C20H29BO3/c1-19(2)20(3,4)24-21(23-19)17-12-15(14-8-9-14)11-16(13-17)18-7-5-6-10-22-18/h11-14,18H,5-10H2,1-4H3. The van der Waals surface area contributed by atoms with Crippen LogP contribution in [0.3, 0.4) is 0 Å². The van der Waals surface area contributed by atoms with Gasteiger partial charge in [0, 0.05) is 6.61 Å². The zero-order valence-electron chi connectivity index (χ0n) is 15.4. The molecule has 1 atom stereocenters. The molecule has 0 bridgehead atoms. The molecule has 0 radical (unpaired) electrons. The third-order valence-corrected chi connectivity index (χ3v) is 6.13. The van der Waals surface area contributed by atoms with Crippen LogP contribution in [-0.4, -0.2) is 24.9 Å². The van der Waals surface area contributed by atoms with Gasteiger partial charge in [0.2, 0.25) is 0 Å². The smallest absolute Gasteiger partial charge is 0.399 e. The average molecular weight is 328 g/mol. The van der Waals surface area contributed by atoms with E-state index in [1.165, 1.54) is 36.8 Å². The summed E-state index contributed by atoms with van der Waals surface area (Å²) in [6, 6.07) is 6.92. The summed E-state index contributed by atoms with van der Waals surface area (Å²) in [5, 5.41) is 0. The van der Waals surface area contributed by atoms with E-state index in [0.29, 0.717) is 0 Å². The molecule has 1 aromatic rings. The normalized spacial score (nSPS) is 29.0. The second-order valence-corrected chi connectivity index (χ2v) is 8.65. The highest BCUT2D eigenvalue weighted by molar-refractivity contribution is 6.62. The second kappa shape index (κ2) is 5.86. The van der Waals surface area contributed by atoms with Gasteiger partial charge >= 0.3 is 7.12 Å². The van der Waals surface area contributed by atoms with Gasteiger partial charge in [-0.1, -0.05) is 18.2 Å². The first-order valence-corrected chi connectivity index (χ1v) is 9.48. The van der Waals surface area contributed by atoms with Gasteiger partial charge in [-0.2, -0.15) is 0 Å². The SMILES string of the molecule is CC1(C)OB(c2cc(C3CC3)cc(C3CCCCO3)c2)OC1(C)C. The molecule has 24 heavy (non-hydrogen) atoms. The molecule has 4 heteroatoms. The largest absolute Gasteiger partial charge is 0.494 e. The Labute approximate surface area is 146 Å². The molecule has 1 saturated carbocycles. The van der Waals surface area contributed by atoms with Crippen molar-refractivity contribution in [1.29, 1.82) is 0 Å². The van der Waals surface area contributed by atoms with Crippen molar-refractivity contribution in [1.82, 2.24) is 0 Å². The minimum absolute atomic E-state index is 0.235. The van der Waals surface area contributed by atoms with Crippen LogP contribution in [0.25, 0.3) is 0 Å². The molecule has 2 saturated heterocycles. The first-order valence-electron chi connectivity index (χ1n) is 9.48. The molecule has 130 valence electrons. The summed E-state index contributed by atoms with van der Waals surface area (Å²) in [7, 11) is -0.281. The van der Waals surface area contributed by atoms with Crippen LogP contribution in [-0.2, 0) is 14.0 Å². The third kappa shape index (κ3) is 3.04. The van der Waals surface area contributed by atoms with Crippen molar-refractivity contribution in [2.45, 2.75) is 83.0 Å². The molecule has 0 N–H and O–H groups in total. The molecule has 0 spiro atoms. The lowest BCUT2D eigenvalue weighted by Gasteiger charge is -2.32. The molecule has 1 unspecified atom stereocenters. The topological polar surface area (TPSA) is 27.7 Å². The molecule has 2 heterocycles. The molecule has 1 aromatic carbocycles. The highest BCUT2D eigenvalue weighted by Gasteiger charge is 2.52. The third-order valence-electron chi connectivity index (χ3n) is 6.13. The van der Waals surface area contributed by atoms with E-state index >= 15 is 0 Å². The summed E-state index contributed by atoms with van der Waals surface area (Å²) in [6.07, 6.45) is 6.40. The molecular weight excluding hydrogens is 299 g/mol. The van der Waals surface area contributed by atoms with Gasteiger partial charge in [-0.05, 0) is 82.3 Å². The summed E-state index contributed by atoms with van der Waals surface area (Å²) in [4.78, 5) is 0. The molecule has 4 rings (SSSR count). The Balaban J connectivity index is 1.66. The maximum absolute atomic E-state index is 6.28. The van der Waals surface area contributed by atoms with Gasteiger partial charge in [-0.25, -0.2) is 0 Å². The highest BCUT2D eigenvalue weighted by atomic mass is 16.7. The monoisotopic (exact) mass is 328 g/mol. The van der Waals surface area contributed by atoms with E-state index in [1.54, 1.807) is 0 Å². The van der Waals surface area contributed by atoms with Crippen molar-refractivity contribution in [2.75, 3.05) is 6.61 Å². The Hall–Kier alpha value is -0.835. The van der Waals surface area contributed by atoms with Crippen LogP contribution in [0.15, 0.2) is 18.2 Å². The van der Waals surface area contributed by atoms with E-state index in [1.807, 2.05) is 0 Å². The lowest BCUT2D eigenvalue weighted by Crippen LogP contribution is -2.41. The quantitative estimate of drug-likeness (QED) is 0.782. The van der Waals surface area contributed by atoms with Crippen molar-refractivity contribution in [3.05, 3.63) is 29.3 Å². The number of hydrogen-bond donors (Lipinski definition) is 0. The van der Waals surface area contributed by atoms with Crippen LogP contribution in [0.1, 0.15) is 82.9 Å². The first kappa shape index (κ1) is 16.6. The lowest BCUT2D eigenvalue weighted by molar-refractivity contribution is 0.00578. The summed E-state index contributed by atoms with van der Waals surface area (Å²) in [6.45, 7) is 9.34. The van der Waals surface area contributed by atoms with Crippen LogP contribution in [0, 0.1) is 0 Å². The first-order chi connectivity index (χ1) is 11.4. The minimum atomic E-state index is -0.297. The van der Waals surface area contributed by atoms with Crippen LogP contribution < -0.4 is 5.46 Å². The summed E-state index contributed by atoms with van der Waals surface area (Å²) in [5.74, 6) is 0.717. The zero-order chi connectivity index (χ0) is 16.9. The Morgan fingerprint density at radius 3 is 2.12 bits per heavy atom. The number of ether oxygens (including phenoxy) is 1. The average Bonchev–Trinajstić information content (AvgIpc) is 3.36. The van der Waals surface area contributed by atoms with Gasteiger partial charge in [0.25, 0.3) is 0 Å². The van der Waals surface area contributed by atoms with Gasteiger partial charge < -0.3 is 14.0 Å². The van der Waals surface area contributed by atoms with Crippen molar-refractivity contribution in [3.8, 4) is 0 Å². The fraction of sp³-hybridized carbons (Fsp3) is 0.700. The summed E-state index contributed by atoms with van der Waals surface area (Å²) < 4.78 is 18.6. The zero-order valence-corrected chi connectivity index (χ0v) is 15.4. The van der Waals surface area contributed by atoms with Crippen molar-refractivity contribution >= 4 is 12.6 Å². The molecule has 3 nitrogen and oxygen atoms in total. The number of benzene rings is 1. The maximum Gasteiger partial charge on any atom is 0.494 e. The fourth-order valence-corrected chi connectivity index (χ4v) is 3.66. The minimum Gasteiger partial charge on any atom is -0.399 e. The Kier molecular flexibility index (Phi) is 4.06.